The molecule has 0 aliphatic carbocycles. The predicted molar refractivity (Wildman–Crippen MR) is 108 cm³/mol. The number of guanidine groups is 1. The Balaban J connectivity index is 1.78. The topological polar surface area (TPSA) is 100 Å². The molecule has 0 radical (unpaired) electrons. The maximum absolute atomic E-state index is 12.1. The molecule has 27 heavy (non-hydrogen) atoms. The van der Waals surface area contributed by atoms with Crippen LogP contribution in [-0.4, -0.2) is 43.5 Å². The summed E-state index contributed by atoms with van der Waals surface area (Å²) in [6.07, 6.45) is 0. The highest BCUT2D eigenvalue weighted by Crippen LogP contribution is 2.10. The van der Waals surface area contributed by atoms with Gasteiger partial charge in [0.2, 0.25) is 10.0 Å². The number of rotatable bonds is 8. The third-order valence-corrected chi connectivity index (χ3v) is 5.64. The van der Waals surface area contributed by atoms with E-state index in [2.05, 4.69) is 25.4 Å². The standard InChI is InChI=1S/C18H28N6O2S/c1-14-17(15(2)24(4)23-14)13-21-18(19-3)20-10-11-27(25,26)22-12-16-8-6-5-7-9-16/h5-9,22H,10-13H2,1-4H3,(H2,19,20,21). The summed E-state index contributed by atoms with van der Waals surface area (Å²) < 4.78 is 28.7. The molecule has 0 amide bonds. The van der Waals surface area contributed by atoms with Crippen molar-refractivity contribution in [1.82, 2.24) is 25.1 Å². The zero-order valence-electron chi connectivity index (χ0n) is 16.3. The summed E-state index contributed by atoms with van der Waals surface area (Å²) in [6, 6.07) is 9.43. The monoisotopic (exact) mass is 392 g/mol. The molecular weight excluding hydrogens is 364 g/mol. The van der Waals surface area contributed by atoms with Crippen LogP contribution in [0.1, 0.15) is 22.5 Å². The van der Waals surface area contributed by atoms with Gasteiger partial charge in [-0.25, -0.2) is 13.1 Å². The third kappa shape index (κ3) is 6.37. The van der Waals surface area contributed by atoms with Crippen LogP contribution >= 0.6 is 0 Å². The number of aryl methyl sites for hydroxylation is 2. The van der Waals surface area contributed by atoms with E-state index < -0.39 is 10.0 Å². The molecule has 1 aromatic carbocycles. The number of nitrogens with one attached hydrogen (secondary N) is 3. The highest BCUT2D eigenvalue weighted by Gasteiger charge is 2.12. The van der Waals surface area contributed by atoms with Crippen molar-refractivity contribution in [2.45, 2.75) is 26.9 Å². The van der Waals surface area contributed by atoms with E-state index in [1.165, 1.54) is 0 Å². The van der Waals surface area contributed by atoms with Crippen LogP contribution in [0.25, 0.3) is 0 Å². The fourth-order valence-electron chi connectivity index (χ4n) is 2.63. The number of nitrogens with zero attached hydrogens (tertiary/aromatic N) is 3. The number of benzene rings is 1. The summed E-state index contributed by atoms with van der Waals surface area (Å²) in [5.74, 6) is 0.516. The van der Waals surface area contributed by atoms with Gasteiger partial charge < -0.3 is 10.6 Å². The van der Waals surface area contributed by atoms with Crippen molar-refractivity contribution in [3.63, 3.8) is 0 Å². The largest absolute Gasteiger partial charge is 0.355 e. The number of hydrogen-bond donors (Lipinski definition) is 3. The Labute approximate surface area is 161 Å². The molecule has 0 atom stereocenters. The molecule has 0 saturated heterocycles. The van der Waals surface area contributed by atoms with Gasteiger partial charge in [0.1, 0.15) is 0 Å². The van der Waals surface area contributed by atoms with Gasteiger partial charge in [-0.2, -0.15) is 5.10 Å². The molecule has 0 fully saturated rings. The van der Waals surface area contributed by atoms with E-state index in [0.717, 1.165) is 22.5 Å². The summed E-state index contributed by atoms with van der Waals surface area (Å²) in [6.45, 7) is 5.10. The lowest BCUT2D eigenvalue weighted by molar-refractivity contribution is 0.580. The third-order valence-electron chi connectivity index (χ3n) is 4.32. The van der Waals surface area contributed by atoms with Crippen LogP contribution < -0.4 is 15.4 Å². The minimum atomic E-state index is -3.37. The van der Waals surface area contributed by atoms with Gasteiger partial charge in [0.15, 0.2) is 5.96 Å². The summed E-state index contributed by atoms with van der Waals surface area (Å²) >= 11 is 0. The van der Waals surface area contributed by atoms with Crippen LogP contribution in [0.5, 0.6) is 0 Å². The van der Waals surface area contributed by atoms with E-state index in [0.29, 0.717) is 12.5 Å². The van der Waals surface area contributed by atoms with Gasteiger partial charge in [-0.15, -0.1) is 0 Å². The zero-order chi connectivity index (χ0) is 19.9. The van der Waals surface area contributed by atoms with Crippen LogP contribution in [0.2, 0.25) is 0 Å². The summed E-state index contributed by atoms with van der Waals surface area (Å²) in [5, 5.41) is 10.6. The SMILES string of the molecule is CN=C(NCCS(=O)(=O)NCc1ccccc1)NCc1c(C)nn(C)c1C. The number of aliphatic imine (C=N–C) groups is 1. The first-order valence-corrected chi connectivity index (χ1v) is 10.4. The molecular formula is C18H28N6O2S. The molecule has 0 unspecified atom stereocenters. The average molecular weight is 393 g/mol. The van der Waals surface area contributed by atoms with E-state index in [1.807, 2.05) is 55.9 Å². The van der Waals surface area contributed by atoms with Gasteiger partial charge in [-0.05, 0) is 19.4 Å². The van der Waals surface area contributed by atoms with Gasteiger partial charge in [0.05, 0.1) is 11.4 Å². The van der Waals surface area contributed by atoms with Crippen molar-refractivity contribution >= 4 is 16.0 Å². The minimum absolute atomic E-state index is 0.0362. The molecule has 3 N–H and O–H groups in total. The Hall–Kier alpha value is -2.39. The van der Waals surface area contributed by atoms with Crippen molar-refractivity contribution in [3.05, 3.63) is 52.8 Å². The summed E-state index contributed by atoms with van der Waals surface area (Å²) in [7, 11) is 0.193. The molecule has 148 valence electrons. The Morgan fingerprint density at radius 1 is 1.15 bits per heavy atom. The molecule has 0 aliphatic rings. The highest BCUT2D eigenvalue weighted by molar-refractivity contribution is 7.89. The summed E-state index contributed by atoms with van der Waals surface area (Å²) in [4.78, 5) is 4.13. The van der Waals surface area contributed by atoms with Crippen molar-refractivity contribution in [1.29, 1.82) is 0 Å². The van der Waals surface area contributed by atoms with Crippen LogP contribution in [0.15, 0.2) is 35.3 Å². The normalized spacial score (nSPS) is 12.2. The van der Waals surface area contributed by atoms with Gasteiger partial charge in [0, 0.05) is 45.0 Å². The van der Waals surface area contributed by atoms with Crippen LogP contribution in [0.3, 0.4) is 0 Å². The zero-order valence-corrected chi connectivity index (χ0v) is 17.1. The molecule has 2 rings (SSSR count). The molecule has 0 spiro atoms. The van der Waals surface area contributed by atoms with E-state index in [1.54, 1.807) is 7.05 Å². The van der Waals surface area contributed by atoms with Gasteiger partial charge in [-0.3, -0.25) is 9.67 Å². The lowest BCUT2D eigenvalue weighted by atomic mass is 10.2. The molecule has 0 aliphatic heterocycles. The van der Waals surface area contributed by atoms with Crippen molar-refractivity contribution in [2.75, 3.05) is 19.3 Å². The Kier molecular flexibility index (Phi) is 7.37. The molecule has 0 saturated carbocycles. The van der Waals surface area contributed by atoms with Gasteiger partial charge in [-0.1, -0.05) is 30.3 Å². The van der Waals surface area contributed by atoms with Crippen molar-refractivity contribution in [3.8, 4) is 0 Å². The molecule has 0 bridgehead atoms. The number of hydrogen-bond acceptors (Lipinski definition) is 4. The smallest absolute Gasteiger partial charge is 0.213 e. The Morgan fingerprint density at radius 3 is 2.44 bits per heavy atom. The van der Waals surface area contributed by atoms with Crippen LogP contribution in [0, 0.1) is 13.8 Å². The Morgan fingerprint density at radius 2 is 1.85 bits per heavy atom. The second-order valence-electron chi connectivity index (χ2n) is 6.25. The second kappa shape index (κ2) is 9.52. The highest BCUT2D eigenvalue weighted by atomic mass is 32.2. The number of aromatic nitrogens is 2. The van der Waals surface area contributed by atoms with Crippen molar-refractivity contribution < 1.29 is 8.42 Å². The Bertz CT molecular complexity index is 875. The lowest BCUT2D eigenvalue weighted by Gasteiger charge is -2.13. The predicted octanol–water partition coefficient (Wildman–Crippen LogP) is 0.822. The van der Waals surface area contributed by atoms with Crippen molar-refractivity contribution in [2.24, 2.45) is 12.0 Å². The van der Waals surface area contributed by atoms with Crippen LogP contribution in [0.4, 0.5) is 0 Å². The molecule has 9 heteroatoms. The van der Waals surface area contributed by atoms with E-state index >= 15 is 0 Å². The fourth-order valence-corrected chi connectivity index (χ4v) is 3.53. The quantitative estimate of drug-likeness (QED) is 0.456. The fraction of sp³-hybridized carbons (Fsp3) is 0.444. The number of sulfonamides is 1. The first kappa shape index (κ1) is 20.9. The lowest BCUT2D eigenvalue weighted by Crippen LogP contribution is -2.40. The van der Waals surface area contributed by atoms with Gasteiger partial charge in [0.25, 0.3) is 0 Å². The molecule has 1 aromatic heterocycles. The van der Waals surface area contributed by atoms with E-state index in [9.17, 15) is 8.42 Å². The van der Waals surface area contributed by atoms with E-state index in [4.69, 9.17) is 0 Å². The average Bonchev–Trinajstić information content (AvgIpc) is 2.89. The van der Waals surface area contributed by atoms with Gasteiger partial charge >= 0.3 is 0 Å². The van der Waals surface area contributed by atoms with Crippen LogP contribution in [-0.2, 0) is 30.2 Å². The minimum Gasteiger partial charge on any atom is -0.355 e. The maximum atomic E-state index is 12.1. The molecule has 2 aromatic rings. The van der Waals surface area contributed by atoms with E-state index in [-0.39, 0.29) is 18.8 Å². The first-order chi connectivity index (χ1) is 12.8. The first-order valence-electron chi connectivity index (χ1n) is 8.77. The summed E-state index contributed by atoms with van der Waals surface area (Å²) in [5.41, 5.74) is 4.08. The molecule has 1 heterocycles. The molecule has 8 nitrogen and oxygen atoms in total. The second-order valence-corrected chi connectivity index (χ2v) is 8.18. The maximum Gasteiger partial charge on any atom is 0.213 e.